The molecule has 1 aromatic carbocycles. The third-order valence-electron chi connectivity index (χ3n) is 8.46. The molecule has 0 saturated carbocycles. The standard InChI is InChI=1S/C39H58N6O13/c1-27(2)37(32(47)25-30(5-4-14-42-39(40)53)38(52)43-31-8-6-29(7-9-31)26-58-28(3)46)44-34(49)13-17-54-19-21-56-23-24-57-22-20-55-18-15-41-33(48)12-16-45-35(50)10-11-36(45)51/h6-11,27,30,37H,4-5,12-26H2,1-3H3,(H,41,48)(H,43,52)(H,44,49)(H3,40,42,53)/t30-,37+/m1/s1. The van der Waals surface area contributed by atoms with Crippen LogP contribution in [-0.4, -0.2) is 131 Å². The van der Waals surface area contributed by atoms with Gasteiger partial charge in [-0.05, 0) is 36.5 Å². The van der Waals surface area contributed by atoms with Gasteiger partial charge in [0.05, 0.1) is 58.9 Å². The van der Waals surface area contributed by atoms with Crippen LogP contribution in [0, 0.1) is 11.8 Å². The van der Waals surface area contributed by atoms with Crippen LogP contribution in [-0.2, 0) is 63.9 Å². The Morgan fingerprint density at radius 2 is 1.33 bits per heavy atom. The lowest BCUT2D eigenvalue weighted by atomic mass is 9.89. The van der Waals surface area contributed by atoms with E-state index in [4.69, 9.17) is 29.4 Å². The van der Waals surface area contributed by atoms with Gasteiger partial charge in [0.15, 0.2) is 5.78 Å². The van der Waals surface area contributed by atoms with Gasteiger partial charge in [0, 0.05) is 69.6 Å². The number of amides is 7. The summed E-state index contributed by atoms with van der Waals surface area (Å²) in [5.41, 5.74) is 6.37. The summed E-state index contributed by atoms with van der Waals surface area (Å²) in [6.07, 6.45) is 2.89. The first-order valence-electron chi connectivity index (χ1n) is 19.3. The number of nitrogens with one attached hydrogen (secondary N) is 4. The monoisotopic (exact) mass is 818 g/mol. The van der Waals surface area contributed by atoms with Crippen LogP contribution in [0.1, 0.15) is 58.4 Å². The van der Waals surface area contributed by atoms with Gasteiger partial charge < -0.3 is 50.7 Å². The second-order valence-corrected chi connectivity index (χ2v) is 13.5. The Kier molecular flexibility index (Phi) is 23.8. The predicted octanol–water partition coefficient (Wildman–Crippen LogP) is 0.741. The molecule has 2 rings (SSSR count). The predicted molar refractivity (Wildman–Crippen MR) is 209 cm³/mol. The molecule has 1 aliphatic rings. The Morgan fingerprint density at radius 3 is 1.90 bits per heavy atom. The summed E-state index contributed by atoms with van der Waals surface area (Å²) in [6.45, 7) is 7.72. The number of benzene rings is 1. The summed E-state index contributed by atoms with van der Waals surface area (Å²) in [5.74, 6) is -3.65. The highest BCUT2D eigenvalue weighted by atomic mass is 16.6. The highest BCUT2D eigenvalue weighted by molar-refractivity contribution is 6.13. The van der Waals surface area contributed by atoms with Crippen LogP contribution >= 0.6 is 0 Å². The zero-order valence-electron chi connectivity index (χ0n) is 33.5. The number of ether oxygens (including phenoxy) is 5. The van der Waals surface area contributed by atoms with Crippen LogP contribution in [0.25, 0.3) is 0 Å². The van der Waals surface area contributed by atoms with Crippen LogP contribution in [0.3, 0.4) is 0 Å². The molecule has 0 spiro atoms. The third kappa shape index (κ3) is 21.3. The van der Waals surface area contributed by atoms with Gasteiger partial charge in [-0.25, -0.2) is 4.79 Å². The van der Waals surface area contributed by atoms with E-state index >= 15 is 0 Å². The summed E-state index contributed by atoms with van der Waals surface area (Å²) in [7, 11) is 0. The maximum Gasteiger partial charge on any atom is 0.312 e. The van der Waals surface area contributed by atoms with E-state index in [0.717, 1.165) is 10.5 Å². The second kappa shape index (κ2) is 28.2. The Morgan fingerprint density at radius 1 is 0.741 bits per heavy atom. The van der Waals surface area contributed by atoms with Crippen LogP contribution in [0.4, 0.5) is 10.5 Å². The number of nitrogens with zero attached hydrogens (tertiary/aromatic N) is 1. The molecule has 322 valence electrons. The molecular formula is C39H58N6O13. The van der Waals surface area contributed by atoms with Gasteiger partial charge >= 0.3 is 12.0 Å². The van der Waals surface area contributed by atoms with Gasteiger partial charge in [-0.2, -0.15) is 0 Å². The molecule has 1 aromatic rings. The Bertz CT molecular complexity index is 1520. The number of nitrogens with two attached hydrogens (primary N) is 1. The summed E-state index contributed by atoms with van der Waals surface area (Å²) in [4.78, 5) is 97.6. The minimum atomic E-state index is -0.836. The van der Waals surface area contributed by atoms with Crippen molar-refractivity contribution < 1.29 is 62.0 Å². The number of Topliss-reactive ketones (excluding diaryl/α,β-unsaturated/α-hetero) is 1. The molecule has 19 nitrogen and oxygen atoms in total. The lowest BCUT2D eigenvalue weighted by molar-refractivity contribution is -0.142. The van der Waals surface area contributed by atoms with E-state index in [9.17, 15) is 38.4 Å². The fraction of sp³-hybridized carbons (Fsp3) is 0.590. The maximum atomic E-state index is 13.5. The lowest BCUT2D eigenvalue weighted by Crippen LogP contribution is -2.45. The first kappa shape index (κ1) is 48.9. The van der Waals surface area contributed by atoms with Gasteiger partial charge in [-0.3, -0.25) is 38.5 Å². The maximum absolute atomic E-state index is 13.5. The number of imide groups is 1. The third-order valence-corrected chi connectivity index (χ3v) is 8.46. The average molecular weight is 819 g/mol. The first-order chi connectivity index (χ1) is 27.8. The Labute approximate surface area is 338 Å². The molecule has 6 N–H and O–H groups in total. The van der Waals surface area contributed by atoms with E-state index in [0.29, 0.717) is 38.5 Å². The van der Waals surface area contributed by atoms with Crippen molar-refractivity contribution in [1.29, 1.82) is 0 Å². The fourth-order valence-corrected chi connectivity index (χ4v) is 5.38. The molecular weight excluding hydrogens is 760 g/mol. The highest BCUT2D eigenvalue weighted by Crippen LogP contribution is 2.19. The number of hydrogen-bond donors (Lipinski definition) is 5. The van der Waals surface area contributed by atoms with Crippen molar-refractivity contribution in [2.45, 2.75) is 65.5 Å². The van der Waals surface area contributed by atoms with Gasteiger partial charge in [0.25, 0.3) is 11.8 Å². The molecule has 7 amide bonds. The molecule has 0 fully saturated rings. The van der Waals surface area contributed by atoms with Crippen molar-refractivity contribution in [2.24, 2.45) is 17.6 Å². The van der Waals surface area contributed by atoms with Crippen LogP contribution < -0.4 is 27.0 Å². The van der Waals surface area contributed by atoms with E-state index in [-0.39, 0.29) is 102 Å². The number of hydrogen-bond acceptors (Lipinski definition) is 13. The van der Waals surface area contributed by atoms with Crippen molar-refractivity contribution in [3.05, 3.63) is 42.0 Å². The van der Waals surface area contributed by atoms with Gasteiger partial charge in [-0.15, -0.1) is 0 Å². The zero-order chi connectivity index (χ0) is 42.7. The van der Waals surface area contributed by atoms with Crippen molar-refractivity contribution in [3.63, 3.8) is 0 Å². The minimum absolute atomic E-state index is 0.0117. The van der Waals surface area contributed by atoms with E-state index in [1.54, 1.807) is 38.1 Å². The number of rotatable bonds is 31. The van der Waals surface area contributed by atoms with Crippen LogP contribution in [0.5, 0.6) is 0 Å². The molecule has 0 aliphatic carbocycles. The summed E-state index contributed by atoms with van der Waals surface area (Å²) in [6, 6.07) is 5.21. The topological polar surface area (TPSA) is 260 Å². The zero-order valence-corrected chi connectivity index (χ0v) is 33.5. The summed E-state index contributed by atoms with van der Waals surface area (Å²) >= 11 is 0. The van der Waals surface area contributed by atoms with Gasteiger partial charge in [0.2, 0.25) is 17.7 Å². The van der Waals surface area contributed by atoms with E-state index in [2.05, 4.69) is 21.3 Å². The van der Waals surface area contributed by atoms with Crippen molar-refractivity contribution in [2.75, 3.05) is 77.8 Å². The van der Waals surface area contributed by atoms with Crippen molar-refractivity contribution in [3.8, 4) is 0 Å². The molecule has 0 aromatic heterocycles. The van der Waals surface area contributed by atoms with E-state index < -0.39 is 41.7 Å². The molecule has 0 bridgehead atoms. The number of carbonyl (C=O) groups is 8. The molecule has 0 unspecified atom stereocenters. The summed E-state index contributed by atoms with van der Waals surface area (Å²) in [5, 5.41) is 10.7. The Hall–Kier alpha value is -5.24. The minimum Gasteiger partial charge on any atom is -0.461 e. The number of ketones is 1. The number of carbonyl (C=O) groups excluding carboxylic acids is 8. The number of urea groups is 1. The van der Waals surface area contributed by atoms with Crippen molar-refractivity contribution >= 4 is 53.0 Å². The summed E-state index contributed by atoms with van der Waals surface area (Å²) < 4.78 is 26.8. The number of anilines is 1. The SMILES string of the molecule is CC(=O)OCc1ccc(NC(=O)[C@H](CCCNC(N)=O)CC(=O)[C@@H](NC(=O)CCOCCOCCOCCOCCNC(=O)CCN2C(=O)C=CC2=O)C(C)C)cc1. The molecule has 58 heavy (non-hydrogen) atoms. The molecule has 1 heterocycles. The molecule has 2 atom stereocenters. The highest BCUT2D eigenvalue weighted by Gasteiger charge is 2.29. The largest absolute Gasteiger partial charge is 0.461 e. The fourth-order valence-electron chi connectivity index (χ4n) is 5.38. The first-order valence-corrected chi connectivity index (χ1v) is 19.3. The normalized spacial score (nSPS) is 13.3. The number of esters is 1. The quantitative estimate of drug-likeness (QED) is 0.0394. The number of primary amides is 1. The molecule has 19 heteroatoms. The van der Waals surface area contributed by atoms with E-state index in [1.165, 1.54) is 19.1 Å². The molecule has 0 saturated heterocycles. The molecule has 1 aliphatic heterocycles. The average Bonchev–Trinajstić information content (AvgIpc) is 3.50. The van der Waals surface area contributed by atoms with Crippen LogP contribution in [0.2, 0.25) is 0 Å². The smallest absolute Gasteiger partial charge is 0.312 e. The van der Waals surface area contributed by atoms with Gasteiger partial charge in [-0.1, -0.05) is 26.0 Å². The lowest BCUT2D eigenvalue weighted by Gasteiger charge is -2.24. The van der Waals surface area contributed by atoms with Gasteiger partial charge in [0.1, 0.15) is 6.61 Å². The van der Waals surface area contributed by atoms with E-state index in [1.807, 2.05) is 0 Å². The van der Waals surface area contributed by atoms with Crippen molar-refractivity contribution in [1.82, 2.24) is 20.9 Å². The van der Waals surface area contributed by atoms with Crippen LogP contribution in [0.15, 0.2) is 36.4 Å². The Balaban J connectivity index is 1.60. The molecule has 0 radical (unpaired) electrons. The second-order valence-electron chi connectivity index (χ2n) is 13.5.